The highest BCUT2D eigenvalue weighted by Gasteiger charge is 2.34. The van der Waals surface area contributed by atoms with Crippen LogP contribution in [0.25, 0.3) is 11.1 Å². The van der Waals surface area contributed by atoms with Crippen molar-refractivity contribution in [3.63, 3.8) is 0 Å². The lowest BCUT2D eigenvalue weighted by atomic mass is 9.95. The van der Waals surface area contributed by atoms with Crippen LogP contribution < -0.4 is 11.3 Å². The number of imide groups is 1. The first kappa shape index (κ1) is 23.0. The number of fused-ring (bicyclic) bond motifs is 1. The molecule has 1 aliphatic rings. The number of aromatic amines is 1. The number of hydrogen-bond donors (Lipinski definition) is 2. The van der Waals surface area contributed by atoms with E-state index in [1.165, 1.54) is 4.90 Å². The van der Waals surface area contributed by atoms with Gasteiger partial charge in [-0.05, 0) is 42.7 Å². The minimum atomic E-state index is -0.659. The number of carbonyl (C=O) groups excluding carboxylic acids is 2. The number of nitrogens with zero attached hydrogens (tertiary/aromatic N) is 3. The molecule has 3 aromatic rings. The third-order valence-corrected chi connectivity index (χ3v) is 5.66. The summed E-state index contributed by atoms with van der Waals surface area (Å²) in [6.45, 7) is 0.335. The molecule has 1 aliphatic heterocycles. The number of unbranched alkanes of at least 4 members (excludes halogenated alkanes) is 2. The number of carbonyl (C=O) groups is 2. The lowest BCUT2D eigenvalue weighted by Crippen LogP contribution is -2.30. The fraction of sp³-hybridized carbons (Fsp3) is 0.148. The lowest BCUT2D eigenvalue weighted by Gasteiger charge is -2.12. The van der Waals surface area contributed by atoms with Gasteiger partial charge in [0.15, 0.2) is 0 Å². The normalized spacial score (nSPS) is 11.9. The summed E-state index contributed by atoms with van der Waals surface area (Å²) < 4.78 is 0. The third kappa shape index (κ3) is 4.39. The number of benzene rings is 2. The number of nitrogens with one attached hydrogen (secondary N) is 1. The molecule has 8 nitrogen and oxygen atoms in total. The second kappa shape index (κ2) is 9.79. The van der Waals surface area contributed by atoms with Gasteiger partial charge in [0.05, 0.1) is 11.1 Å². The predicted molar refractivity (Wildman–Crippen MR) is 129 cm³/mol. The summed E-state index contributed by atoms with van der Waals surface area (Å²) >= 11 is 0. The highest BCUT2D eigenvalue weighted by atomic mass is 16.2. The number of hydrogen-bond acceptors (Lipinski definition) is 6. The van der Waals surface area contributed by atoms with Crippen LogP contribution in [-0.4, -0.2) is 28.2 Å². The van der Waals surface area contributed by atoms with Gasteiger partial charge in [-0.2, -0.15) is 10.5 Å². The van der Waals surface area contributed by atoms with Crippen LogP contribution in [0.5, 0.6) is 0 Å². The van der Waals surface area contributed by atoms with Crippen molar-refractivity contribution < 1.29 is 9.59 Å². The Morgan fingerprint density at radius 2 is 1.57 bits per heavy atom. The van der Waals surface area contributed by atoms with E-state index in [1.54, 1.807) is 48.5 Å². The molecule has 0 saturated heterocycles. The number of nitrogens with two attached hydrogens (primary N) is 1. The van der Waals surface area contributed by atoms with E-state index >= 15 is 0 Å². The van der Waals surface area contributed by atoms with Crippen LogP contribution in [0.2, 0.25) is 0 Å². The summed E-state index contributed by atoms with van der Waals surface area (Å²) in [7, 11) is 0. The molecule has 4 rings (SSSR count). The van der Waals surface area contributed by atoms with Gasteiger partial charge in [-0.3, -0.25) is 19.3 Å². The standard InChI is InChI=1S/C27H19N5O3/c28-15-21-23(22(16-29)25(33)31-24(21)30)18-10-7-9-17(14-18)8-3-1-2-6-13-32-26(34)19-11-4-5-12-20(19)27(32)35/h4-5,7,9-12,14H,1-2,6,13H2,(H3,30,31,33). The molecular formula is C27H19N5O3. The van der Waals surface area contributed by atoms with Gasteiger partial charge < -0.3 is 10.7 Å². The molecule has 0 aliphatic carbocycles. The van der Waals surface area contributed by atoms with Gasteiger partial charge >= 0.3 is 0 Å². The van der Waals surface area contributed by atoms with Crippen molar-refractivity contribution in [2.75, 3.05) is 12.3 Å². The van der Waals surface area contributed by atoms with Crippen LogP contribution in [0, 0.1) is 34.5 Å². The third-order valence-electron chi connectivity index (χ3n) is 5.66. The molecule has 0 unspecified atom stereocenters. The molecule has 0 fully saturated rings. The number of amides is 2. The number of nitriles is 2. The zero-order valence-corrected chi connectivity index (χ0v) is 18.6. The summed E-state index contributed by atoms with van der Waals surface area (Å²) in [5.74, 6) is 5.48. The van der Waals surface area contributed by atoms with Crippen LogP contribution in [-0.2, 0) is 0 Å². The van der Waals surface area contributed by atoms with E-state index in [1.807, 2.05) is 12.1 Å². The monoisotopic (exact) mass is 461 g/mol. The van der Waals surface area contributed by atoms with Gasteiger partial charge in [0.25, 0.3) is 17.4 Å². The van der Waals surface area contributed by atoms with Gasteiger partial charge in [-0.1, -0.05) is 36.1 Å². The van der Waals surface area contributed by atoms with Crippen LogP contribution in [0.15, 0.2) is 53.3 Å². The van der Waals surface area contributed by atoms with E-state index in [0.29, 0.717) is 48.1 Å². The molecule has 2 heterocycles. The Balaban J connectivity index is 1.42. The first-order valence-electron chi connectivity index (χ1n) is 10.9. The quantitative estimate of drug-likeness (QED) is 0.339. The van der Waals surface area contributed by atoms with Gasteiger partial charge in [0.2, 0.25) is 0 Å². The molecule has 0 bridgehead atoms. The van der Waals surface area contributed by atoms with Crippen LogP contribution in [0.4, 0.5) is 5.82 Å². The van der Waals surface area contributed by atoms with Crippen molar-refractivity contribution in [3.8, 4) is 35.1 Å². The van der Waals surface area contributed by atoms with Gasteiger partial charge in [-0.25, -0.2) is 0 Å². The number of aromatic nitrogens is 1. The molecule has 170 valence electrons. The smallest absolute Gasteiger partial charge is 0.268 e. The Kier molecular flexibility index (Phi) is 6.44. The van der Waals surface area contributed by atoms with Crippen molar-refractivity contribution in [2.45, 2.75) is 19.3 Å². The largest absolute Gasteiger partial charge is 0.384 e. The van der Waals surface area contributed by atoms with Crippen LogP contribution in [0.1, 0.15) is 56.7 Å². The molecule has 0 spiro atoms. The maximum absolute atomic E-state index is 12.4. The Morgan fingerprint density at radius 1 is 0.886 bits per heavy atom. The van der Waals surface area contributed by atoms with Crippen molar-refractivity contribution in [1.82, 2.24) is 9.88 Å². The molecule has 3 N–H and O–H groups in total. The van der Waals surface area contributed by atoms with Crippen molar-refractivity contribution in [3.05, 3.63) is 86.7 Å². The molecule has 35 heavy (non-hydrogen) atoms. The maximum Gasteiger partial charge on any atom is 0.268 e. The Labute approximate surface area is 201 Å². The second-order valence-corrected chi connectivity index (χ2v) is 7.86. The predicted octanol–water partition coefficient (Wildman–Crippen LogP) is 3.19. The number of rotatable bonds is 5. The molecule has 0 atom stereocenters. The molecule has 0 radical (unpaired) electrons. The average molecular weight is 461 g/mol. The number of anilines is 1. The van der Waals surface area contributed by atoms with E-state index < -0.39 is 5.56 Å². The van der Waals surface area contributed by atoms with Crippen molar-refractivity contribution >= 4 is 17.6 Å². The highest BCUT2D eigenvalue weighted by molar-refractivity contribution is 6.21. The number of pyridine rings is 1. The fourth-order valence-electron chi connectivity index (χ4n) is 3.97. The molecular weight excluding hydrogens is 442 g/mol. The van der Waals surface area contributed by atoms with E-state index in [9.17, 15) is 24.9 Å². The van der Waals surface area contributed by atoms with Gasteiger partial charge in [0, 0.05) is 24.1 Å². The summed E-state index contributed by atoms with van der Waals surface area (Å²) in [4.78, 5) is 40.5. The number of nitrogen functional groups attached to an aromatic ring is 1. The zero-order valence-electron chi connectivity index (χ0n) is 18.6. The van der Waals surface area contributed by atoms with E-state index in [0.717, 1.165) is 0 Å². The summed E-state index contributed by atoms with van der Waals surface area (Å²) in [5, 5.41) is 18.9. The van der Waals surface area contributed by atoms with Crippen molar-refractivity contribution in [2.24, 2.45) is 0 Å². The molecule has 0 saturated carbocycles. The van der Waals surface area contributed by atoms with E-state index in [2.05, 4.69) is 16.8 Å². The van der Waals surface area contributed by atoms with E-state index in [-0.39, 0.29) is 34.3 Å². The first-order chi connectivity index (χ1) is 17.0. The number of H-pyrrole nitrogens is 1. The summed E-state index contributed by atoms with van der Waals surface area (Å²) in [5.41, 5.74) is 7.18. The maximum atomic E-state index is 12.4. The summed E-state index contributed by atoms with van der Waals surface area (Å²) in [6, 6.07) is 17.5. The fourth-order valence-corrected chi connectivity index (χ4v) is 3.97. The van der Waals surface area contributed by atoms with Gasteiger partial charge in [-0.15, -0.1) is 0 Å². The van der Waals surface area contributed by atoms with E-state index in [4.69, 9.17) is 5.73 Å². The summed E-state index contributed by atoms with van der Waals surface area (Å²) in [6.07, 6.45) is 1.88. The van der Waals surface area contributed by atoms with Crippen LogP contribution in [0.3, 0.4) is 0 Å². The Hall–Kier alpha value is -5.13. The van der Waals surface area contributed by atoms with Gasteiger partial charge in [0.1, 0.15) is 29.1 Å². The minimum Gasteiger partial charge on any atom is -0.384 e. The average Bonchev–Trinajstić information content (AvgIpc) is 3.10. The Morgan fingerprint density at radius 3 is 2.23 bits per heavy atom. The molecule has 2 amide bonds. The Bertz CT molecular complexity index is 1530. The topological polar surface area (TPSA) is 144 Å². The highest BCUT2D eigenvalue weighted by Crippen LogP contribution is 2.28. The zero-order chi connectivity index (χ0) is 24.9. The van der Waals surface area contributed by atoms with Crippen molar-refractivity contribution in [1.29, 1.82) is 10.5 Å². The SMILES string of the molecule is N#Cc1c(N)[nH]c(=O)c(C#N)c1-c1cccc(C#CCCCCN2C(=O)c3ccccc3C2=O)c1. The lowest BCUT2D eigenvalue weighted by molar-refractivity contribution is 0.0652. The molecule has 2 aromatic carbocycles. The molecule has 8 heteroatoms. The minimum absolute atomic E-state index is 0.0272. The second-order valence-electron chi connectivity index (χ2n) is 7.86. The first-order valence-corrected chi connectivity index (χ1v) is 10.9. The van der Waals surface area contributed by atoms with Crippen LogP contribution >= 0.6 is 0 Å². The molecule has 1 aromatic heterocycles.